The first kappa shape index (κ1) is 18.1. The van der Waals surface area contributed by atoms with Gasteiger partial charge in [-0.3, -0.25) is 14.4 Å². The fourth-order valence-electron chi connectivity index (χ4n) is 4.13. The number of imidazole rings is 1. The molecule has 150 valence electrons. The molecule has 7 heteroatoms. The van der Waals surface area contributed by atoms with E-state index in [4.69, 9.17) is 9.98 Å². The molecule has 0 aliphatic carbocycles. The van der Waals surface area contributed by atoms with Gasteiger partial charge in [0.05, 0.1) is 24.4 Å². The van der Waals surface area contributed by atoms with Crippen LogP contribution in [0.1, 0.15) is 18.2 Å². The van der Waals surface area contributed by atoms with Crippen LogP contribution in [-0.4, -0.2) is 65.8 Å². The Bertz CT molecular complexity index is 1020. The Morgan fingerprint density at radius 2 is 1.86 bits per heavy atom. The van der Waals surface area contributed by atoms with Crippen molar-refractivity contribution in [1.29, 1.82) is 0 Å². The first-order chi connectivity index (χ1) is 14.2. The van der Waals surface area contributed by atoms with Gasteiger partial charge >= 0.3 is 0 Å². The second-order valence-electron chi connectivity index (χ2n) is 7.97. The summed E-state index contributed by atoms with van der Waals surface area (Å²) >= 11 is 0. The van der Waals surface area contributed by atoms with Crippen LogP contribution in [0, 0.1) is 0 Å². The van der Waals surface area contributed by atoms with Crippen LogP contribution in [0.2, 0.25) is 0 Å². The van der Waals surface area contributed by atoms with Crippen LogP contribution < -0.4 is 10.2 Å². The number of fused-ring (bicyclic) bond motifs is 5. The maximum Gasteiger partial charge on any atom is 0.216 e. The van der Waals surface area contributed by atoms with E-state index < -0.39 is 0 Å². The van der Waals surface area contributed by atoms with Crippen molar-refractivity contribution in [3.05, 3.63) is 60.2 Å². The van der Waals surface area contributed by atoms with Crippen molar-refractivity contribution in [3.8, 4) is 0 Å². The molecule has 0 fully saturated rings. The molecule has 0 amide bonds. The van der Waals surface area contributed by atoms with Gasteiger partial charge in [-0.1, -0.05) is 42.5 Å². The number of rotatable bonds is 5. The van der Waals surface area contributed by atoms with E-state index in [-0.39, 0.29) is 6.17 Å². The van der Waals surface area contributed by atoms with Gasteiger partial charge < -0.3 is 10.2 Å². The molecular formula is C22H27N7. The van der Waals surface area contributed by atoms with Crippen molar-refractivity contribution in [2.75, 3.05) is 45.4 Å². The Morgan fingerprint density at radius 3 is 2.69 bits per heavy atom. The lowest BCUT2D eigenvalue weighted by Crippen LogP contribution is -2.57. The van der Waals surface area contributed by atoms with Gasteiger partial charge in [0.25, 0.3) is 0 Å². The van der Waals surface area contributed by atoms with Crippen molar-refractivity contribution >= 4 is 22.9 Å². The summed E-state index contributed by atoms with van der Waals surface area (Å²) in [7, 11) is 4.24. The molecule has 1 aromatic heterocycles. The summed E-state index contributed by atoms with van der Waals surface area (Å²) in [6, 6.07) is 18.9. The van der Waals surface area contributed by atoms with Crippen LogP contribution >= 0.6 is 0 Å². The number of guanidine groups is 1. The zero-order valence-corrected chi connectivity index (χ0v) is 17.0. The highest BCUT2D eigenvalue weighted by Gasteiger charge is 2.35. The van der Waals surface area contributed by atoms with E-state index in [0.29, 0.717) is 6.67 Å². The van der Waals surface area contributed by atoms with Crippen LogP contribution in [0.15, 0.2) is 59.6 Å². The monoisotopic (exact) mass is 389 g/mol. The smallest absolute Gasteiger partial charge is 0.216 e. The largest absolute Gasteiger partial charge is 0.331 e. The molecule has 5 rings (SSSR count). The molecule has 0 radical (unpaired) electrons. The number of nitrogens with one attached hydrogen (secondary N) is 1. The van der Waals surface area contributed by atoms with Crippen molar-refractivity contribution in [2.45, 2.75) is 12.6 Å². The lowest BCUT2D eigenvalue weighted by Gasteiger charge is -2.41. The SMILES string of the molecule is CN(C)CCCN1CN=C2NC(c3ccccc3)n3c(nc4ccccc43)N2C1. The third-order valence-electron chi connectivity index (χ3n) is 5.56. The minimum absolute atomic E-state index is 0.0195. The summed E-state index contributed by atoms with van der Waals surface area (Å²) in [5.74, 6) is 1.86. The third kappa shape index (κ3) is 3.36. The van der Waals surface area contributed by atoms with Gasteiger partial charge in [-0.05, 0) is 44.8 Å². The zero-order chi connectivity index (χ0) is 19.8. The first-order valence-electron chi connectivity index (χ1n) is 10.2. The summed E-state index contributed by atoms with van der Waals surface area (Å²) in [5, 5.41) is 3.67. The highest BCUT2D eigenvalue weighted by molar-refractivity contribution is 5.98. The number of nitrogens with zero attached hydrogens (tertiary/aromatic N) is 6. The van der Waals surface area contributed by atoms with Crippen LogP contribution in [0.4, 0.5) is 5.95 Å². The number of para-hydroxylation sites is 2. The van der Waals surface area contributed by atoms with Gasteiger partial charge in [0.2, 0.25) is 11.9 Å². The molecule has 0 spiro atoms. The fraction of sp³-hybridized carbons (Fsp3) is 0.364. The van der Waals surface area contributed by atoms with E-state index in [0.717, 1.165) is 49.1 Å². The van der Waals surface area contributed by atoms with Gasteiger partial charge in [0.15, 0.2) is 0 Å². The van der Waals surface area contributed by atoms with Gasteiger partial charge in [-0.25, -0.2) is 9.98 Å². The summed E-state index contributed by atoms with van der Waals surface area (Å²) in [6.07, 6.45) is 1.11. The molecule has 29 heavy (non-hydrogen) atoms. The minimum Gasteiger partial charge on any atom is -0.331 e. The van der Waals surface area contributed by atoms with E-state index in [1.165, 1.54) is 5.56 Å². The molecule has 1 atom stereocenters. The number of hydrogen-bond donors (Lipinski definition) is 1. The predicted molar refractivity (Wildman–Crippen MR) is 117 cm³/mol. The van der Waals surface area contributed by atoms with Crippen LogP contribution in [0.3, 0.4) is 0 Å². The second-order valence-corrected chi connectivity index (χ2v) is 7.97. The molecule has 2 aromatic carbocycles. The highest BCUT2D eigenvalue weighted by Crippen LogP contribution is 2.33. The van der Waals surface area contributed by atoms with E-state index in [1.807, 2.05) is 6.07 Å². The van der Waals surface area contributed by atoms with Crippen molar-refractivity contribution in [2.24, 2.45) is 4.99 Å². The average molecular weight is 390 g/mol. The summed E-state index contributed by atoms with van der Waals surface area (Å²) in [4.78, 5) is 16.7. The number of anilines is 1. The molecule has 0 saturated carbocycles. The molecule has 1 unspecified atom stereocenters. The standard InChI is InChI=1S/C22H27N7/c1-26(2)13-8-14-27-15-23-21-25-20(17-9-4-3-5-10-17)29-19-12-7-6-11-18(19)24-22(29)28(21)16-27/h3-7,9-12,20H,8,13-16H2,1-2H3,(H,23,25). The van der Waals surface area contributed by atoms with E-state index >= 15 is 0 Å². The Kier molecular flexibility index (Phi) is 4.69. The molecule has 3 heterocycles. The van der Waals surface area contributed by atoms with Crippen molar-refractivity contribution in [1.82, 2.24) is 24.7 Å². The van der Waals surface area contributed by atoms with Gasteiger partial charge in [0.1, 0.15) is 6.17 Å². The fourth-order valence-corrected chi connectivity index (χ4v) is 4.13. The van der Waals surface area contributed by atoms with Crippen molar-refractivity contribution in [3.63, 3.8) is 0 Å². The minimum atomic E-state index is -0.0195. The van der Waals surface area contributed by atoms with Crippen LogP contribution in [0.5, 0.6) is 0 Å². The van der Waals surface area contributed by atoms with E-state index in [9.17, 15) is 0 Å². The molecule has 2 aliphatic rings. The maximum absolute atomic E-state index is 4.99. The summed E-state index contributed by atoms with van der Waals surface area (Å²) in [6.45, 7) is 3.62. The number of hydrogen-bond acceptors (Lipinski definition) is 6. The Balaban J connectivity index is 1.52. The molecule has 3 aromatic rings. The molecule has 0 saturated heterocycles. The summed E-state index contributed by atoms with van der Waals surface area (Å²) in [5.41, 5.74) is 3.34. The molecule has 1 N–H and O–H groups in total. The van der Waals surface area contributed by atoms with Crippen LogP contribution in [-0.2, 0) is 0 Å². The Morgan fingerprint density at radius 1 is 1.07 bits per heavy atom. The number of aromatic nitrogens is 2. The quantitative estimate of drug-likeness (QED) is 0.727. The first-order valence-corrected chi connectivity index (χ1v) is 10.2. The lowest BCUT2D eigenvalue weighted by atomic mass is 10.1. The summed E-state index contributed by atoms with van der Waals surface area (Å²) < 4.78 is 2.30. The molecule has 2 aliphatic heterocycles. The van der Waals surface area contributed by atoms with E-state index in [2.05, 4.69) is 87.2 Å². The lowest BCUT2D eigenvalue weighted by molar-refractivity contribution is 0.254. The number of benzene rings is 2. The second kappa shape index (κ2) is 7.50. The highest BCUT2D eigenvalue weighted by atomic mass is 15.5. The molecular weight excluding hydrogens is 362 g/mol. The van der Waals surface area contributed by atoms with Gasteiger partial charge in [-0.2, -0.15) is 0 Å². The zero-order valence-electron chi connectivity index (χ0n) is 17.0. The maximum atomic E-state index is 4.99. The normalized spacial score (nSPS) is 19.1. The molecule has 0 bridgehead atoms. The topological polar surface area (TPSA) is 51.9 Å². The van der Waals surface area contributed by atoms with E-state index in [1.54, 1.807) is 0 Å². The molecule has 7 nitrogen and oxygen atoms in total. The van der Waals surface area contributed by atoms with Crippen molar-refractivity contribution < 1.29 is 0 Å². The average Bonchev–Trinajstić information content (AvgIpc) is 3.14. The number of aliphatic imine (C=N–C) groups is 1. The predicted octanol–water partition coefficient (Wildman–Crippen LogP) is 2.53. The van der Waals surface area contributed by atoms with Gasteiger partial charge in [0, 0.05) is 6.54 Å². The Hall–Kier alpha value is -2.90. The van der Waals surface area contributed by atoms with Gasteiger partial charge in [-0.15, -0.1) is 0 Å². The third-order valence-corrected chi connectivity index (χ3v) is 5.56. The van der Waals surface area contributed by atoms with Crippen LogP contribution in [0.25, 0.3) is 11.0 Å². The Labute approximate surface area is 171 Å².